The minimum atomic E-state index is 0.339. The van der Waals surface area contributed by atoms with Crippen molar-refractivity contribution < 1.29 is 0 Å². The molecule has 3 N–H and O–H groups in total. The van der Waals surface area contributed by atoms with E-state index < -0.39 is 0 Å². The van der Waals surface area contributed by atoms with Crippen LogP contribution in [0.3, 0.4) is 0 Å². The Bertz CT molecular complexity index is 683. The quantitative estimate of drug-likeness (QED) is 0.832. The molecule has 0 spiro atoms. The summed E-state index contributed by atoms with van der Waals surface area (Å²) in [5.74, 6) is 0. The molecule has 0 radical (unpaired) electrons. The number of benzene rings is 2. The lowest BCUT2D eigenvalue weighted by molar-refractivity contribution is 0.912. The largest absolute Gasteiger partial charge is 0.398 e. The van der Waals surface area contributed by atoms with Gasteiger partial charge in [0.15, 0.2) is 0 Å². The van der Waals surface area contributed by atoms with Crippen molar-refractivity contribution in [1.82, 2.24) is 0 Å². The Morgan fingerprint density at radius 2 is 1.80 bits per heavy atom. The molecule has 0 amide bonds. The molecular formula is C17H17N3. The molecule has 0 bridgehead atoms. The van der Waals surface area contributed by atoms with Gasteiger partial charge in [-0.3, -0.25) is 0 Å². The van der Waals surface area contributed by atoms with Crippen LogP contribution in [0.5, 0.6) is 0 Å². The molecule has 0 fully saturated rings. The number of aryl methyl sites for hydroxylation is 2. The van der Waals surface area contributed by atoms with Crippen molar-refractivity contribution in [3.05, 3.63) is 53.1 Å². The molecule has 0 aliphatic heterocycles. The standard InChI is InChI=1S/C17H17N3/c18-9-8-14-11-16(6-7-17(14)19)20-15-5-4-12-2-1-3-13(12)10-15/h4-7,10-11,20H,1-3,8,19H2. The summed E-state index contributed by atoms with van der Waals surface area (Å²) in [6.45, 7) is 0. The van der Waals surface area contributed by atoms with Crippen LogP contribution in [0.25, 0.3) is 0 Å². The number of nitrogen functional groups attached to an aromatic ring is 1. The third kappa shape index (κ3) is 2.46. The first-order chi connectivity index (χ1) is 9.76. The van der Waals surface area contributed by atoms with Crippen molar-refractivity contribution in [3.63, 3.8) is 0 Å². The molecule has 0 unspecified atom stereocenters. The Balaban J connectivity index is 1.84. The summed E-state index contributed by atoms with van der Waals surface area (Å²) in [5, 5.41) is 12.2. The molecule has 100 valence electrons. The average molecular weight is 263 g/mol. The van der Waals surface area contributed by atoms with Crippen LogP contribution in [0, 0.1) is 11.3 Å². The Hall–Kier alpha value is -2.47. The van der Waals surface area contributed by atoms with Crippen LogP contribution < -0.4 is 11.1 Å². The second-order valence-corrected chi connectivity index (χ2v) is 5.21. The van der Waals surface area contributed by atoms with E-state index in [0.29, 0.717) is 12.1 Å². The third-order valence-electron chi connectivity index (χ3n) is 3.80. The highest BCUT2D eigenvalue weighted by Gasteiger charge is 2.10. The Labute approximate surface area is 119 Å². The molecule has 2 aromatic carbocycles. The van der Waals surface area contributed by atoms with Crippen molar-refractivity contribution in [2.75, 3.05) is 11.1 Å². The summed E-state index contributed by atoms with van der Waals surface area (Å²) in [7, 11) is 0. The summed E-state index contributed by atoms with van der Waals surface area (Å²) in [5.41, 5.74) is 12.4. The van der Waals surface area contributed by atoms with Crippen molar-refractivity contribution in [1.29, 1.82) is 5.26 Å². The predicted octanol–water partition coefficient (Wildman–Crippen LogP) is 3.57. The van der Waals surface area contributed by atoms with E-state index in [1.54, 1.807) is 0 Å². The lowest BCUT2D eigenvalue weighted by atomic mass is 10.1. The number of nitrogens with one attached hydrogen (secondary N) is 1. The molecule has 1 aliphatic rings. The fourth-order valence-corrected chi connectivity index (χ4v) is 2.74. The van der Waals surface area contributed by atoms with Crippen molar-refractivity contribution in [2.45, 2.75) is 25.7 Å². The van der Waals surface area contributed by atoms with Crippen LogP contribution in [0.1, 0.15) is 23.1 Å². The number of fused-ring (bicyclic) bond motifs is 1. The van der Waals surface area contributed by atoms with E-state index in [2.05, 4.69) is 29.6 Å². The van der Waals surface area contributed by atoms with E-state index in [-0.39, 0.29) is 0 Å². The van der Waals surface area contributed by atoms with Gasteiger partial charge in [0.1, 0.15) is 0 Å². The van der Waals surface area contributed by atoms with Crippen LogP contribution in [-0.2, 0) is 19.3 Å². The molecule has 2 aromatic rings. The lowest BCUT2D eigenvalue weighted by Gasteiger charge is -2.10. The predicted molar refractivity (Wildman–Crippen MR) is 81.9 cm³/mol. The smallest absolute Gasteiger partial charge is 0.0670 e. The maximum atomic E-state index is 8.80. The summed E-state index contributed by atoms with van der Waals surface area (Å²) in [6.07, 6.45) is 3.97. The van der Waals surface area contributed by atoms with Gasteiger partial charge < -0.3 is 11.1 Å². The zero-order valence-corrected chi connectivity index (χ0v) is 11.3. The number of nitrogens with zero attached hydrogens (tertiary/aromatic N) is 1. The number of anilines is 3. The second kappa shape index (κ2) is 5.26. The molecule has 3 nitrogen and oxygen atoms in total. The van der Waals surface area contributed by atoms with Gasteiger partial charge in [0, 0.05) is 17.1 Å². The minimum Gasteiger partial charge on any atom is -0.398 e. The van der Waals surface area contributed by atoms with Crippen LogP contribution in [0.4, 0.5) is 17.1 Å². The summed E-state index contributed by atoms with van der Waals surface area (Å²) in [6, 6.07) is 14.4. The fourth-order valence-electron chi connectivity index (χ4n) is 2.74. The van der Waals surface area contributed by atoms with Gasteiger partial charge in [-0.15, -0.1) is 0 Å². The number of hydrogen-bond acceptors (Lipinski definition) is 3. The maximum Gasteiger partial charge on any atom is 0.0670 e. The van der Waals surface area contributed by atoms with Gasteiger partial charge >= 0.3 is 0 Å². The SMILES string of the molecule is N#CCc1cc(Nc2ccc3c(c2)CCC3)ccc1N. The number of hydrogen-bond donors (Lipinski definition) is 2. The van der Waals surface area contributed by atoms with Crippen molar-refractivity contribution in [3.8, 4) is 6.07 Å². The number of nitrogens with two attached hydrogens (primary N) is 1. The maximum absolute atomic E-state index is 8.80. The zero-order chi connectivity index (χ0) is 13.9. The Kier molecular flexibility index (Phi) is 3.30. The van der Waals surface area contributed by atoms with E-state index in [1.807, 2.05) is 18.2 Å². The third-order valence-corrected chi connectivity index (χ3v) is 3.80. The van der Waals surface area contributed by atoms with Gasteiger partial charge in [0.2, 0.25) is 0 Å². The number of rotatable bonds is 3. The molecule has 0 heterocycles. The van der Waals surface area contributed by atoms with Crippen LogP contribution in [-0.4, -0.2) is 0 Å². The molecule has 0 aromatic heterocycles. The van der Waals surface area contributed by atoms with E-state index in [9.17, 15) is 0 Å². The van der Waals surface area contributed by atoms with Gasteiger partial charge in [-0.05, 0) is 66.3 Å². The van der Waals surface area contributed by atoms with Crippen LogP contribution >= 0.6 is 0 Å². The van der Waals surface area contributed by atoms with Gasteiger partial charge in [0.25, 0.3) is 0 Å². The highest BCUT2D eigenvalue weighted by molar-refractivity contribution is 5.65. The molecule has 0 atom stereocenters. The van der Waals surface area contributed by atoms with E-state index >= 15 is 0 Å². The van der Waals surface area contributed by atoms with Gasteiger partial charge in [-0.1, -0.05) is 6.07 Å². The van der Waals surface area contributed by atoms with Gasteiger partial charge in [0.05, 0.1) is 12.5 Å². The van der Waals surface area contributed by atoms with Crippen molar-refractivity contribution in [2.24, 2.45) is 0 Å². The minimum absolute atomic E-state index is 0.339. The average Bonchev–Trinajstić information content (AvgIpc) is 2.90. The van der Waals surface area contributed by atoms with E-state index in [1.165, 1.54) is 30.4 Å². The van der Waals surface area contributed by atoms with Gasteiger partial charge in [-0.2, -0.15) is 5.26 Å². The highest BCUT2D eigenvalue weighted by Crippen LogP contribution is 2.27. The summed E-state index contributed by atoms with van der Waals surface area (Å²) in [4.78, 5) is 0. The molecule has 3 rings (SSSR count). The molecule has 3 heteroatoms. The Morgan fingerprint density at radius 3 is 2.65 bits per heavy atom. The van der Waals surface area contributed by atoms with E-state index in [0.717, 1.165) is 16.9 Å². The molecule has 20 heavy (non-hydrogen) atoms. The first-order valence-corrected chi connectivity index (χ1v) is 6.90. The summed E-state index contributed by atoms with van der Waals surface area (Å²) >= 11 is 0. The normalized spacial score (nSPS) is 12.8. The van der Waals surface area contributed by atoms with Crippen molar-refractivity contribution >= 4 is 17.1 Å². The highest BCUT2D eigenvalue weighted by atomic mass is 14.9. The molecule has 0 saturated carbocycles. The number of nitriles is 1. The molecular weight excluding hydrogens is 246 g/mol. The molecule has 1 aliphatic carbocycles. The van der Waals surface area contributed by atoms with E-state index in [4.69, 9.17) is 11.0 Å². The van der Waals surface area contributed by atoms with Crippen LogP contribution in [0.15, 0.2) is 36.4 Å². The second-order valence-electron chi connectivity index (χ2n) is 5.21. The van der Waals surface area contributed by atoms with Crippen LogP contribution in [0.2, 0.25) is 0 Å². The first-order valence-electron chi connectivity index (χ1n) is 6.90. The Morgan fingerprint density at radius 1 is 1.05 bits per heavy atom. The monoisotopic (exact) mass is 263 g/mol. The first kappa shape index (κ1) is 12.6. The lowest BCUT2D eigenvalue weighted by Crippen LogP contribution is -1.97. The summed E-state index contributed by atoms with van der Waals surface area (Å²) < 4.78 is 0. The molecule has 0 saturated heterocycles. The fraction of sp³-hybridized carbons (Fsp3) is 0.235. The van der Waals surface area contributed by atoms with Gasteiger partial charge in [-0.25, -0.2) is 0 Å². The topological polar surface area (TPSA) is 61.8 Å². The zero-order valence-electron chi connectivity index (χ0n) is 11.3.